The van der Waals surface area contributed by atoms with Crippen molar-refractivity contribution < 1.29 is 24.2 Å². The van der Waals surface area contributed by atoms with E-state index in [4.69, 9.17) is 9.47 Å². The van der Waals surface area contributed by atoms with Crippen molar-refractivity contribution in [3.05, 3.63) is 18.2 Å². The summed E-state index contributed by atoms with van der Waals surface area (Å²) in [5, 5.41) is 11.9. The number of hydrogen-bond acceptors (Lipinski definition) is 4. The Labute approximate surface area is 116 Å². The molecule has 0 aromatic heterocycles. The molecule has 1 aromatic carbocycles. The van der Waals surface area contributed by atoms with Crippen LogP contribution in [-0.4, -0.2) is 31.2 Å². The molecule has 6 nitrogen and oxygen atoms in total. The van der Waals surface area contributed by atoms with Gasteiger partial charge < -0.3 is 19.9 Å². The lowest BCUT2D eigenvalue weighted by atomic mass is 9.68. The van der Waals surface area contributed by atoms with Crippen LogP contribution in [0.3, 0.4) is 0 Å². The van der Waals surface area contributed by atoms with Gasteiger partial charge in [0, 0.05) is 23.9 Å². The predicted molar refractivity (Wildman–Crippen MR) is 72.1 cm³/mol. The van der Waals surface area contributed by atoms with Gasteiger partial charge >= 0.3 is 5.97 Å². The highest BCUT2D eigenvalue weighted by Gasteiger charge is 2.51. The molecule has 0 heterocycles. The van der Waals surface area contributed by atoms with Gasteiger partial charge in [-0.2, -0.15) is 0 Å². The topological polar surface area (TPSA) is 84.9 Å². The van der Waals surface area contributed by atoms with Crippen molar-refractivity contribution in [1.29, 1.82) is 0 Å². The molecule has 0 unspecified atom stereocenters. The number of amides is 1. The van der Waals surface area contributed by atoms with E-state index in [-0.39, 0.29) is 0 Å². The van der Waals surface area contributed by atoms with Crippen molar-refractivity contribution in [2.75, 3.05) is 19.5 Å². The maximum absolute atomic E-state index is 12.2. The van der Waals surface area contributed by atoms with Crippen molar-refractivity contribution >= 4 is 17.6 Å². The molecule has 2 rings (SSSR count). The number of carboxylic acids is 1. The second-order valence-electron chi connectivity index (χ2n) is 4.80. The van der Waals surface area contributed by atoms with Gasteiger partial charge in [0.1, 0.15) is 16.9 Å². The summed E-state index contributed by atoms with van der Waals surface area (Å²) in [6.07, 6.45) is 1.49. The number of carboxylic acid groups (broad SMARTS) is 1. The smallest absolute Gasteiger partial charge is 0.319 e. The average molecular weight is 279 g/mol. The first-order valence-corrected chi connectivity index (χ1v) is 6.30. The van der Waals surface area contributed by atoms with Gasteiger partial charge in [0.15, 0.2) is 0 Å². The fourth-order valence-electron chi connectivity index (χ4n) is 2.20. The highest BCUT2D eigenvalue weighted by atomic mass is 16.5. The number of rotatable bonds is 5. The Morgan fingerprint density at radius 3 is 2.05 bits per heavy atom. The first kappa shape index (κ1) is 14.2. The van der Waals surface area contributed by atoms with Gasteiger partial charge in [0.2, 0.25) is 5.91 Å². The van der Waals surface area contributed by atoms with E-state index >= 15 is 0 Å². The molecule has 0 spiro atoms. The van der Waals surface area contributed by atoms with Gasteiger partial charge in [-0.3, -0.25) is 9.59 Å². The number of anilines is 1. The number of methoxy groups -OCH3 is 2. The van der Waals surface area contributed by atoms with Gasteiger partial charge in [-0.15, -0.1) is 0 Å². The van der Waals surface area contributed by atoms with Crippen LogP contribution in [0.2, 0.25) is 0 Å². The molecule has 108 valence electrons. The molecule has 1 aliphatic carbocycles. The number of nitrogens with one attached hydrogen (secondary N) is 1. The van der Waals surface area contributed by atoms with E-state index in [0.717, 1.165) is 6.42 Å². The molecule has 1 amide bonds. The molecule has 0 atom stereocenters. The summed E-state index contributed by atoms with van der Waals surface area (Å²) >= 11 is 0. The first-order valence-electron chi connectivity index (χ1n) is 6.30. The van der Waals surface area contributed by atoms with Crippen LogP contribution < -0.4 is 14.8 Å². The van der Waals surface area contributed by atoms with Gasteiger partial charge in [-0.05, 0) is 12.8 Å². The minimum Gasteiger partial charge on any atom is -0.497 e. The van der Waals surface area contributed by atoms with Gasteiger partial charge in [-0.1, -0.05) is 6.42 Å². The Hall–Kier alpha value is -2.24. The van der Waals surface area contributed by atoms with Crippen molar-refractivity contribution in [3.63, 3.8) is 0 Å². The fraction of sp³-hybridized carbons (Fsp3) is 0.429. The number of aliphatic carboxylic acids is 1. The number of carbonyl (C=O) groups excluding carboxylic acids is 1. The summed E-state index contributed by atoms with van der Waals surface area (Å²) in [6, 6.07) is 4.91. The van der Waals surface area contributed by atoms with E-state index in [1.165, 1.54) is 14.2 Å². The van der Waals surface area contributed by atoms with E-state index < -0.39 is 17.3 Å². The van der Waals surface area contributed by atoms with Gasteiger partial charge in [0.25, 0.3) is 0 Å². The molecular formula is C14H17NO5. The van der Waals surface area contributed by atoms with Crippen molar-refractivity contribution in [3.8, 4) is 11.5 Å². The second-order valence-corrected chi connectivity index (χ2v) is 4.80. The summed E-state index contributed by atoms with van der Waals surface area (Å²) in [6.45, 7) is 0. The van der Waals surface area contributed by atoms with E-state index in [1.54, 1.807) is 18.2 Å². The second kappa shape index (κ2) is 5.40. The van der Waals surface area contributed by atoms with E-state index in [2.05, 4.69) is 5.32 Å². The zero-order chi connectivity index (χ0) is 14.8. The lowest BCUT2D eigenvalue weighted by Gasteiger charge is -2.35. The fourth-order valence-corrected chi connectivity index (χ4v) is 2.20. The van der Waals surface area contributed by atoms with Crippen LogP contribution in [0.25, 0.3) is 0 Å². The van der Waals surface area contributed by atoms with E-state index in [9.17, 15) is 14.7 Å². The Balaban J connectivity index is 2.21. The Morgan fingerprint density at radius 1 is 1.15 bits per heavy atom. The summed E-state index contributed by atoms with van der Waals surface area (Å²) < 4.78 is 10.2. The summed E-state index contributed by atoms with van der Waals surface area (Å²) in [5.41, 5.74) is -0.838. The highest BCUT2D eigenvalue weighted by molar-refractivity contribution is 6.09. The molecule has 1 aliphatic rings. The number of hydrogen-bond donors (Lipinski definition) is 2. The van der Waals surface area contributed by atoms with Crippen LogP contribution in [0.5, 0.6) is 11.5 Å². The van der Waals surface area contributed by atoms with Crippen molar-refractivity contribution in [1.82, 2.24) is 0 Å². The number of carbonyl (C=O) groups is 2. The van der Waals surface area contributed by atoms with Crippen molar-refractivity contribution in [2.45, 2.75) is 19.3 Å². The molecule has 0 bridgehead atoms. The quantitative estimate of drug-likeness (QED) is 0.804. The third-order valence-corrected chi connectivity index (χ3v) is 3.66. The molecule has 20 heavy (non-hydrogen) atoms. The van der Waals surface area contributed by atoms with Crippen LogP contribution >= 0.6 is 0 Å². The third-order valence-electron chi connectivity index (χ3n) is 3.66. The highest BCUT2D eigenvalue weighted by Crippen LogP contribution is 2.42. The molecule has 1 saturated carbocycles. The maximum Gasteiger partial charge on any atom is 0.319 e. The monoisotopic (exact) mass is 279 g/mol. The van der Waals surface area contributed by atoms with Crippen LogP contribution in [0.4, 0.5) is 5.69 Å². The first-order chi connectivity index (χ1) is 9.51. The average Bonchev–Trinajstić information content (AvgIpc) is 2.36. The summed E-state index contributed by atoms with van der Waals surface area (Å²) in [5.74, 6) is -0.516. The Morgan fingerprint density at radius 2 is 1.70 bits per heavy atom. The van der Waals surface area contributed by atoms with Gasteiger partial charge in [0.05, 0.1) is 14.2 Å². The zero-order valence-corrected chi connectivity index (χ0v) is 11.4. The van der Waals surface area contributed by atoms with Crippen LogP contribution in [-0.2, 0) is 9.59 Å². The molecule has 0 radical (unpaired) electrons. The standard InChI is InChI=1S/C14H17NO5/c1-19-10-6-9(7-11(8-10)20-2)15-12(16)14(13(17)18)4-3-5-14/h6-8H,3-5H2,1-2H3,(H,15,16)(H,17,18). The Bertz CT molecular complexity index is 514. The lowest BCUT2D eigenvalue weighted by Crippen LogP contribution is -2.48. The summed E-state index contributed by atoms with van der Waals surface area (Å²) in [4.78, 5) is 23.5. The number of ether oxygens (including phenoxy) is 2. The van der Waals surface area contributed by atoms with Crippen LogP contribution in [0.15, 0.2) is 18.2 Å². The molecule has 0 aliphatic heterocycles. The molecule has 6 heteroatoms. The molecular weight excluding hydrogens is 262 g/mol. The van der Waals surface area contributed by atoms with Gasteiger partial charge in [-0.25, -0.2) is 0 Å². The van der Waals surface area contributed by atoms with Crippen LogP contribution in [0, 0.1) is 5.41 Å². The summed E-state index contributed by atoms with van der Waals surface area (Å²) in [7, 11) is 3.01. The van der Waals surface area contributed by atoms with E-state index in [0.29, 0.717) is 30.0 Å². The molecule has 1 aromatic rings. The van der Waals surface area contributed by atoms with Crippen molar-refractivity contribution in [2.24, 2.45) is 5.41 Å². The van der Waals surface area contributed by atoms with E-state index in [1.807, 2.05) is 0 Å². The minimum atomic E-state index is -1.30. The maximum atomic E-state index is 12.2. The Kier molecular flexibility index (Phi) is 3.83. The molecule has 2 N–H and O–H groups in total. The normalized spacial score (nSPS) is 15.9. The largest absolute Gasteiger partial charge is 0.497 e. The predicted octanol–water partition coefficient (Wildman–Crippen LogP) is 1.90. The molecule has 0 saturated heterocycles. The molecule has 1 fully saturated rings. The van der Waals surface area contributed by atoms with Crippen LogP contribution in [0.1, 0.15) is 19.3 Å². The minimum absolute atomic E-state index is 0.370. The SMILES string of the molecule is COc1cc(NC(=O)C2(C(=O)O)CCC2)cc(OC)c1. The lowest BCUT2D eigenvalue weighted by molar-refractivity contribution is -0.159. The zero-order valence-electron chi connectivity index (χ0n) is 11.4. The number of benzene rings is 1. The third kappa shape index (κ3) is 2.41.